The Bertz CT molecular complexity index is 251. The van der Waals surface area contributed by atoms with Crippen LogP contribution in [0.2, 0.25) is 0 Å². The zero-order valence-electron chi connectivity index (χ0n) is 13.9. The van der Waals surface area contributed by atoms with Gasteiger partial charge in [0.25, 0.3) is 0 Å². The molecule has 0 aromatic rings. The van der Waals surface area contributed by atoms with E-state index in [0.29, 0.717) is 18.0 Å². The number of rotatable bonds is 7. The number of likely N-dealkylation sites (N-methyl/N-ethyl adjacent to an activating group) is 1. The van der Waals surface area contributed by atoms with Gasteiger partial charge in [-0.3, -0.25) is 4.90 Å². The van der Waals surface area contributed by atoms with Gasteiger partial charge in [-0.05, 0) is 39.2 Å². The fourth-order valence-corrected chi connectivity index (χ4v) is 3.72. The quantitative estimate of drug-likeness (QED) is 0.771. The molecule has 2 N–H and O–H groups in total. The van der Waals surface area contributed by atoms with E-state index >= 15 is 0 Å². The van der Waals surface area contributed by atoms with Gasteiger partial charge in [0.05, 0.1) is 0 Å². The molecule has 3 heteroatoms. The maximum absolute atomic E-state index is 6.25. The Morgan fingerprint density at radius 3 is 2.21 bits per heavy atom. The van der Waals surface area contributed by atoms with E-state index in [4.69, 9.17) is 5.73 Å². The van der Waals surface area contributed by atoms with Crippen LogP contribution in [-0.2, 0) is 0 Å². The van der Waals surface area contributed by atoms with Gasteiger partial charge in [0, 0.05) is 37.3 Å². The summed E-state index contributed by atoms with van der Waals surface area (Å²) in [5.74, 6) is 0.699. The fraction of sp³-hybridized carbons (Fsp3) is 1.00. The average molecular weight is 269 g/mol. The predicted octanol–water partition coefficient (Wildman–Crippen LogP) is 2.55. The lowest BCUT2D eigenvalue weighted by molar-refractivity contribution is 0.0385. The molecule has 1 aliphatic heterocycles. The topological polar surface area (TPSA) is 32.5 Å². The molecular weight excluding hydrogens is 234 g/mol. The van der Waals surface area contributed by atoms with Crippen molar-refractivity contribution in [2.24, 2.45) is 11.7 Å². The van der Waals surface area contributed by atoms with E-state index in [-0.39, 0.29) is 5.54 Å². The van der Waals surface area contributed by atoms with Gasteiger partial charge in [-0.15, -0.1) is 0 Å². The Balaban J connectivity index is 2.99. The molecule has 1 heterocycles. The van der Waals surface area contributed by atoms with Gasteiger partial charge in [-0.2, -0.15) is 0 Å². The van der Waals surface area contributed by atoms with Gasteiger partial charge in [0.2, 0.25) is 0 Å². The molecule has 2 unspecified atom stereocenters. The minimum absolute atomic E-state index is 0.190. The van der Waals surface area contributed by atoms with Crippen LogP contribution in [-0.4, -0.2) is 54.1 Å². The monoisotopic (exact) mass is 269 g/mol. The summed E-state index contributed by atoms with van der Waals surface area (Å²) in [6.07, 6.45) is 3.66. The molecule has 114 valence electrons. The highest BCUT2D eigenvalue weighted by atomic mass is 15.3. The first-order valence-electron chi connectivity index (χ1n) is 8.07. The van der Waals surface area contributed by atoms with E-state index in [1.807, 2.05) is 0 Å². The number of nitrogens with two attached hydrogens (primary N) is 1. The minimum Gasteiger partial charge on any atom is -0.329 e. The molecule has 1 saturated heterocycles. The van der Waals surface area contributed by atoms with Gasteiger partial charge in [-0.1, -0.05) is 27.7 Å². The number of likely N-dealkylation sites (tertiary alicyclic amines) is 1. The molecule has 0 bridgehead atoms. The molecular formula is C16H35N3. The Morgan fingerprint density at radius 1 is 1.32 bits per heavy atom. The summed E-state index contributed by atoms with van der Waals surface area (Å²) in [5.41, 5.74) is 6.44. The molecule has 1 rings (SSSR count). The third kappa shape index (κ3) is 3.71. The molecule has 0 radical (unpaired) electrons. The molecule has 0 spiro atoms. The highest BCUT2D eigenvalue weighted by Gasteiger charge is 2.45. The second kappa shape index (κ2) is 7.05. The first-order chi connectivity index (χ1) is 8.90. The third-order valence-corrected chi connectivity index (χ3v) is 4.91. The number of hydrogen-bond donors (Lipinski definition) is 1. The van der Waals surface area contributed by atoms with E-state index in [0.717, 1.165) is 13.1 Å². The van der Waals surface area contributed by atoms with Crippen molar-refractivity contribution in [2.45, 2.75) is 71.5 Å². The maximum atomic E-state index is 6.25. The van der Waals surface area contributed by atoms with Crippen molar-refractivity contribution < 1.29 is 0 Å². The summed E-state index contributed by atoms with van der Waals surface area (Å²) in [6.45, 7) is 14.7. The first kappa shape index (κ1) is 16.9. The lowest BCUT2D eigenvalue weighted by Gasteiger charge is -2.46. The maximum Gasteiger partial charge on any atom is 0.0476 e. The largest absolute Gasteiger partial charge is 0.329 e. The van der Waals surface area contributed by atoms with Gasteiger partial charge < -0.3 is 10.6 Å². The Kier molecular flexibility index (Phi) is 6.28. The lowest BCUT2D eigenvalue weighted by Crippen LogP contribution is -2.60. The van der Waals surface area contributed by atoms with E-state index in [9.17, 15) is 0 Å². The van der Waals surface area contributed by atoms with Crippen LogP contribution in [0.15, 0.2) is 0 Å². The summed E-state index contributed by atoms with van der Waals surface area (Å²) < 4.78 is 0. The molecule has 0 saturated carbocycles. The Morgan fingerprint density at radius 2 is 1.89 bits per heavy atom. The van der Waals surface area contributed by atoms with Crippen LogP contribution in [0, 0.1) is 5.92 Å². The second-order valence-electron chi connectivity index (χ2n) is 6.91. The highest BCUT2D eigenvalue weighted by Crippen LogP contribution is 2.34. The van der Waals surface area contributed by atoms with Crippen molar-refractivity contribution in [2.75, 3.05) is 26.7 Å². The van der Waals surface area contributed by atoms with Crippen LogP contribution in [0.5, 0.6) is 0 Å². The number of hydrogen-bond acceptors (Lipinski definition) is 3. The van der Waals surface area contributed by atoms with Gasteiger partial charge in [0.15, 0.2) is 0 Å². The van der Waals surface area contributed by atoms with Crippen LogP contribution in [0.1, 0.15) is 53.9 Å². The van der Waals surface area contributed by atoms with Gasteiger partial charge >= 0.3 is 0 Å². The van der Waals surface area contributed by atoms with Crippen LogP contribution >= 0.6 is 0 Å². The van der Waals surface area contributed by atoms with E-state index in [1.165, 1.54) is 25.8 Å². The molecule has 3 nitrogen and oxygen atoms in total. The summed E-state index contributed by atoms with van der Waals surface area (Å²) in [7, 11) is 2.24. The van der Waals surface area contributed by atoms with Crippen molar-refractivity contribution in [3.8, 4) is 0 Å². The minimum atomic E-state index is 0.190. The summed E-state index contributed by atoms with van der Waals surface area (Å²) in [5, 5.41) is 0. The van der Waals surface area contributed by atoms with Crippen molar-refractivity contribution >= 4 is 0 Å². The van der Waals surface area contributed by atoms with Crippen molar-refractivity contribution in [1.82, 2.24) is 9.80 Å². The summed E-state index contributed by atoms with van der Waals surface area (Å²) >= 11 is 0. The Labute approximate surface area is 120 Å². The second-order valence-corrected chi connectivity index (χ2v) is 6.91. The standard InChI is InChI=1S/C16H35N3/c1-7-15(8-2)19(10-13(3)4)16(11-17)9-14(5)18(6)12-16/h13-15H,7-12,17H2,1-6H3. The molecule has 0 aromatic carbocycles. The van der Waals surface area contributed by atoms with E-state index < -0.39 is 0 Å². The average Bonchev–Trinajstić information content (AvgIpc) is 2.66. The molecule has 1 aliphatic rings. The fourth-order valence-electron chi connectivity index (χ4n) is 3.72. The summed E-state index contributed by atoms with van der Waals surface area (Å²) in [4.78, 5) is 5.22. The molecule has 0 aromatic heterocycles. The van der Waals surface area contributed by atoms with Gasteiger partial charge in [0.1, 0.15) is 0 Å². The van der Waals surface area contributed by atoms with Crippen LogP contribution in [0.25, 0.3) is 0 Å². The molecule has 1 fully saturated rings. The van der Waals surface area contributed by atoms with Crippen LogP contribution in [0.4, 0.5) is 0 Å². The summed E-state index contributed by atoms with van der Waals surface area (Å²) in [6, 6.07) is 1.32. The Hall–Kier alpha value is -0.120. The smallest absolute Gasteiger partial charge is 0.0476 e. The SMILES string of the molecule is CCC(CC)N(CC(C)C)C1(CN)CC(C)N(C)C1. The predicted molar refractivity (Wildman–Crippen MR) is 84.4 cm³/mol. The normalized spacial score (nSPS) is 29.1. The molecule has 0 amide bonds. The van der Waals surface area contributed by atoms with Crippen molar-refractivity contribution in [3.05, 3.63) is 0 Å². The zero-order chi connectivity index (χ0) is 14.6. The van der Waals surface area contributed by atoms with E-state index in [2.05, 4.69) is 51.5 Å². The van der Waals surface area contributed by atoms with E-state index in [1.54, 1.807) is 0 Å². The van der Waals surface area contributed by atoms with Gasteiger partial charge in [-0.25, -0.2) is 0 Å². The first-order valence-corrected chi connectivity index (χ1v) is 8.07. The third-order valence-electron chi connectivity index (χ3n) is 4.91. The molecule has 19 heavy (non-hydrogen) atoms. The number of nitrogens with zero attached hydrogens (tertiary/aromatic N) is 2. The molecule has 2 atom stereocenters. The van der Waals surface area contributed by atoms with Crippen LogP contribution in [0.3, 0.4) is 0 Å². The zero-order valence-corrected chi connectivity index (χ0v) is 13.9. The van der Waals surface area contributed by atoms with Crippen molar-refractivity contribution in [3.63, 3.8) is 0 Å². The van der Waals surface area contributed by atoms with Crippen molar-refractivity contribution in [1.29, 1.82) is 0 Å². The lowest BCUT2D eigenvalue weighted by atomic mass is 9.89. The highest BCUT2D eigenvalue weighted by molar-refractivity contribution is 5.04. The van der Waals surface area contributed by atoms with Crippen LogP contribution < -0.4 is 5.73 Å². The molecule has 0 aliphatic carbocycles.